The molecule has 1 aromatic carbocycles. The molecular formula is C15H22Cl2N2O2. The second kappa shape index (κ2) is 7.87. The largest absolute Gasteiger partial charge is 0.492 e. The van der Waals surface area contributed by atoms with Crippen LogP contribution in [0.2, 0.25) is 5.02 Å². The molecule has 21 heavy (non-hydrogen) atoms. The van der Waals surface area contributed by atoms with Crippen LogP contribution in [0.3, 0.4) is 0 Å². The Labute approximate surface area is 137 Å². The number of ether oxygens (including phenoxy) is 1. The smallest absolute Gasteiger partial charge is 0.242 e. The zero-order chi connectivity index (χ0) is 14.6. The van der Waals surface area contributed by atoms with E-state index < -0.39 is 5.54 Å². The van der Waals surface area contributed by atoms with Crippen LogP contribution in [0.1, 0.15) is 25.7 Å². The van der Waals surface area contributed by atoms with Crippen LogP contribution >= 0.6 is 24.0 Å². The van der Waals surface area contributed by atoms with Crippen molar-refractivity contribution in [1.82, 2.24) is 4.90 Å². The SMILES string of the molecule is CN(CCOc1cccc(Cl)c1)C(=O)C1(N)CCCC1.Cl. The number of amides is 1. The Bertz CT molecular complexity index is 476. The molecule has 1 aliphatic rings. The summed E-state index contributed by atoms with van der Waals surface area (Å²) >= 11 is 5.88. The van der Waals surface area contributed by atoms with Gasteiger partial charge in [0.05, 0.1) is 12.1 Å². The van der Waals surface area contributed by atoms with E-state index in [-0.39, 0.29) is 18.3 Å². The predicted molar refractivity (Wildman–Crippen MR) is 87.2 cm³/mol. The van der Waals surface area contributed by atoms with Crippen LogP contribution in [0, 0.1) is 0 Å². The minimum atomic E-state index is -0.662. The fourth-order valence-electron chi connectivity index (χ4n) is 2.56. The summed E-state index contributed by atoms with van der Waals surface area (Å²) < 4.78 is 5.58. The Morgan fingerprint density at radius 2 is 2.10 bits per heavy atom. The van der Waals surface area contributed by atoms with Gasteiger partial charge >= 0.3 is 0 Å². The van der Waals surface area contributed by atoms with Gasteiger partial charge in [-0.3, -0.25) is 4.79 Å². The van der Waals surface area contributed by atoms with Gasteiger partial charge in [-0.1, -0.05) is 30.5 Å². The van der Waals surface area contributed by atoms with E-state index in [1.807, 2.05) is 12.1 Å². The van der Waals surface area contributed by atoms with Gasteiger partial charge in [0.1, 0.15) is 12.4 Å². The molecule has 0 bridgehead atoms. The van der Waals surface area contributed by atoms with E-state index in [1.165, 1.54) is 0 Å². The minimum Gasteiger partial charge on any atom is -0.492 e. The second-order valence-electron chi connectivity index (χ2n) is 5.40. The fourth-order valence-corrected chi connectivity index (χ4v) is 2.74. The molecule has 0 atom stereocenters. The predicted octanol–water partition coefficient (Wildman–Crippen LogP) is 2.87. The maximum absolute atomic E-state index is 12.3. The summed E-state index contributed by atoms with van der Waals surface area (Å²) in [5.41, 5.74) is 5.49. The van der Waals surface area contributed by atoms with Crippen molar-refractivity contribution in [3.05, 3.63) is 29.3 Å². The van der Waals surface area contributed by atoms with Gasteiger partial charge in [-0.2, -0.15) is 0 Å². The van der Waals surface area contributed by atoms with Crippen molar-refractivity contribution in [2.45, 2.75) is 31.2 Å². The summed E-state index contributed by atoms with van der Waals surface area (Å²) in [5.74, 6) is 0.728. The Morgan fingerprint density at radius 3 is 2.71 bits per heavy atom. The van der Waals surface area contributed by atoms with Crippen LogP contribution in [-0.4, -0.2) is 36.5 Å². The number of nitrogens with zero attached hydrogens (tertiary/aromatic N) is 1. The number of rotatable bonds is 5. The maximum atomic E-state index is 12.3. The lowest BCUT2D eigenvalue weighted by Gasteiger charge is -2.28. The lowest BCUT2D eigenvalue weighted by Crippen LogP contribution is -2.53. The van der Waals surface area contributed by atoms with Crippen LogP contribution in [0.25, 0.3) is 0 Å². The number of benzene rings is 1. The highest BCUT2D eigenvalue weighted by molar-refractivity contribution is 6.30. The first-order chi connectivity index (χ1) is 9.51. The maximum Gasteiger partial charge on any atom is 0.242 e. The highest BCUT2D eigenvalue weighted by Gasteiger charge is 2.38. The van der Waals surface area contributed by atoms with Crippen molar-refractivity contribution >= 4 is 29.9 Å². The first-order valence-corrected chi connectivity index (χ1v) is 7.32. The van der Waals surface area contributed by atoms with Crippen molar-refractivity contribution in [1.29, 1.82) is 0 Å². The van der Waals surface area contributed by atoms with Crippen molar-refractivity contribution in [3.63, 3.8) is 0 Å². The van der Waals surface area contributed by atoms with E-state index in [0.29, 0.717) is 23.9 Å². The number of halogens is 2. The fraction of sp³-hybridized carbons (Fsp3) is 0.533. The van der Waals surface area contributed by atoms with E-state index >= 15 is 0 Å². The molecule has 0 aromatic heterocycles. The zero-order valence-corrected chi connectivity index (χ0v) is 13.8. The van der Waals surface area contributed by atoms with Crippen molar-refractivity contribution in [2.75, 3.05) is 20.2 Å². The zero-order valence-electron chi connectivity index (χ0n) is 12.2. The highest BCUT2D eigenvalue weighted by Crippen LogP contribution is 2.28. The molecule has 6 heteroatoms. The summed E-state index contributed by atoms with van der Waals surface area (Å²) in [6.07, 6.45) is 3.64. The molecular weight excluding hydrogens is 311 g/mol. The third kappa shape index (κ3) is 4.77. The molecule has 0 saturated heterocycles. The van der Waals surface area contributed by atoms with E-state index in [0.717, 1.165) is 25.7 Å². The molecule has 118 valence electrons. The third-order valence-corrected chi connectivity index (χ3v) is 4.00. The molecule has 0 aliphatic heterocycles. The van der Waals surface area contributed by atoms with Gasteiger partial charge < -0.3 is 15.4 Å². The normalized spacial score (nSPS) is 16.1. The molecule has 2 rings (SSSR count). The Hall–Kier alpha value is -0.970. The summed E-state index contributed by atoms with van der Waals surface area (Å²) in [7, 11) is 1.77. The molecule has 1 amide bonds. The van der Waals surface area contributed by atoms with Crippen molar-refractivity contribution < 1.29 is 9.53 Å². The Balaban J connectivity index is 0.00000220. The lowest BCUT2D eigenvalue weighted by atomic mass is 9.97. The number of hydrogen-bond acceptors (Lipinski definition) is 3. The summed E-state index contributed by atoms with van der Waals surface area (Å²) in [6.45, 7) is 0.947. The molecule has 1 fully saturated rings. The number of nitrogens with two attached hydrogens (primary N) is 1. The third-order valence-electron chi connectivity index (χ3n) is 3.76. The average molecular weight is 333 g/mol. The summed E-state index contributed by atoms with van der Waals surface area (Å²) in [6, 6.07) is 7.22. The van der Waals surface area contributed by atoms with Crippen LogP contribution in [0.5, 0.6) is 5.75 Å². The van der Waals surface area contributed by atoms with Gasteiger partial charge in [0.2, 0.25) is 5.91 Å². The molecule has 1 aliphatic carbocycles. The second-order valence-corrected chi connectivity index (χ2v) is 5.83. The molecule has 0 radical (unpaired) electrons. The quantitative estimate of drug-likeness (QED) is 0.901. The van der Waals surface area contributed by atoms with Crippen molar-refractivity contribution in [2.24, 2.45) is 5.73 Å². The van der Waals surface area contributed by atoms with Gasteiger partial charge in [-0.15, -0.1) is 12.4 Å². The van der Waals surface area contributed by atoms with Gasteiger partial charge in [-0.25, -0.2) is 0 Å². The van der Waals surface area contributed by atoms with Crippen molar-refractivity contribution in [3.8, 4) is 5.75 Å². The molecule has 4 nitrogen and oxygen atoms in total. The van der Waals surface area contributed by atoms with Crippen LogP contribution in [0.4, 0.5) is 0 Å². The number of carbonyl (C=O) groups is 1. The Morgan fingerprint density at radius 1 is 1.43 bits per heavy atom. The van der Waals surface area contributed by atoms with Gasteiger partial charge in [0.15, 0.2) is 0 Å². The van der Waals surface area contributed by atoms with Crippen LogP contribution < -0.4 is 10.5 Å². The summed E-state index contributed by atoms with van der Waals surface area (Å²) in [4.78, 5) is 14.0. The lowest BCUT2D eigenvalue weighted by molar-refractivity contribution is -0.135. The van der Waals surface area contributed by atoms with Crippen LogP contribution in [0.15, 0.2) is 24.3 Å². The molecule has 0 heterocycles. The average Bonchev–Trinajstić information content (AvgIpc) is 2.86. The highest BCUT2D eigenvalue weighted by atomic mass is 35.5. The molecule has 0 spiro atoms. The summed E-state index contributed by atoms with van der Waals surface area (Å²) in [5, 5.41) is 0.638. The molecule has 1 aromatic rings. The number of carbonyl (C=O) groups excluding carboxylic acids is 1. The number of hydrogen-bond donors (Lipinski definition) is 1. The first-order valence-electron chi connectivity index (χ1n) is 6.94. The van der Waals surface area contributed by atoms with E-state index in [1.54, 1.807) is 24.1 Å². The monoisotopic (exact) mass is 332 g/mol. The molecule has 0 unspecified atom stereocenters. The minimum absolute atomic E-state index is 0. The topological polar surface area (TPSA) is 55.6 Å². The Kier molecular flexibility index (Phi) is 6.78. The van der Waals surface area contributed by atoms with E-state index in [9.17, 15) is 4.79 Å². The van der Waals surface area contributed by atoms with Gasteiger partial charge in [0, 0.05) is 12.1 Å². The van der Waals surface area contributed by atoms with E-state index in [4.69, 9.17) is 22.1 Å². The standard InChI is InChI=1S/C15H21ClN2O2.ClH/c1-18(14(19)15(17)7-2-3-8-15)9-10-20-13-6-4-5-12(16)11-13;/h4-6,11H,2-3,7-10,17H2,1H3;1H. The van der Waals surface area contributed by atoms with E-state index in [2.05, 4.69) is 0 Å². The molecule has 1 saturated carbocycles. The number of likely N-dealkylation sites (N-methyl/N-ethyl adjacent to an activating group) is 1. The molecule has 2 N–H and O–H groups in total. The van der Waals surface area contributed by atoms with Crippen LogP contribution in [-0.2, 0) is 4.79 Å². The van der Waals surface area contributed by atoms with Gasteiger partial charge in [0.25, 0.3) is 0 Å². The van der Waals surface area contributed by atoms with Gasteiger partial charge in [-0.05, 0) is 31.0 Å². The first kappa shape index (κ1) is 18.1.